The van der Waals surface area contributed by atoms with Crippen LogP contribution in [0.1, 0.15) is 31.2 Å². The van der Waals surface area contributed by atoms with Crippen molar-refractivity contribution in [2.24, 2.45) is 5.73 Å². The Hall–Kier alpha value is -0.840. The highest BCUT2D eigenvalue weighted by atomic mass is 35.5. The lowest BCUT2D eigenvalue weighted by Gasteiger charge is -2.29. The van der Waals surface area contributed by atoms with E-state index in [1.165, 1.54) is 0 Å². The molecule has 0 spiro atoms. The zero-order chi connectivity index (χ0) is 13.8. The molecule has 19 heavy (non-hydrogen) atoms. The maximum Gasteiger partial charge on any atom is 0.131 e. The van der Waals surface area contributed by atoms with Crippen molar-refractivity contribution in [3.05, 3.63) is 28.8 Å². The Morgan fingerprint density at radius 1 is 1.37 bits per heavy atom. The predicted molar refractivity (Wildman–Crippen MR) is 81.0 cm³/mol. The van der Waals surface area contributed by atoms with Crippen LogP contribution in [0.4, 0.5) is 0 Å². The number of benzene rings is 1. The second-order valence-electron chi connectivity index (χ2n) is 4.74. The van der Waals surface area contributed by atoms with Crippen molar-refractivity contribution in [2.45, 2.75) is 37.9 Å². The molecule has 1 fully saturated rings. The number of rotatable bonds is 4. The van der Waals surface area contributed by atoms with Gasteiger partial charge in [0.15, 0.2) is 0 Å². The van der Waals surface area contributed by atoms with Crippen LogP contribution in [0.15, 0.2) is 18.2 Å². The lowest BCUT2D eigenvalue weighted by atomic mass is 9.95. The molecule has 2 atom stereocenters. The van der Waals surface area contributed by atoms with E-state index >= 15 is 0 Å². The Morgan fingerprint density at radius 3 is 2.79 bits per heavy atom. The second kappa shape index (κ2) is 6.55. The van der Waals surface area contributed by atoms with Crippen molar-refractivity contribution in [2.75, 3.05) is 7.11 Å². The van der Waals surface area contributed by atoms with E-state index in [9.17, 15) is 0 Å². The van der Waals surface area contributed by atoms with Crippen molar-refractivity contribution in [3.63, 3.8) is 0 Å². The molecule has 0 radical (unpaired) electrons. The quantitative estimate of drug-likeness (QED) is 0.866. The fraction of sp³-hybridized carbons (Fsp3) is 0.500. The van der Waals surface area contributed by atoms with Crippen LogP contribution in [0.3, 0.4) is 0 Å². The maximum atomic E-state index is 6.13. The predicted octanol–water partition coefficient (Wildman–Crippen LogP) is 3.31. The average molecular weight is 300 g/mol. The monoisotopic (exact) mass is 299 g/mol. The Kier molecular flexibility index (Phi) is 5.02. The van der Waals surface area contributed by atoms with E-state index in [-0.39, 0.29) is 17.2 Å². The molecule has 2 rings (SSSR count). The third-order valence-electron chi connectivity index (χ3n) is 3.43. The zero-order valence-electron chi connectivity index (χ0n) is 10.9. The van der Waals surface area contributed by atoms with Crippen LogP contribution >= 0.6 is 23.8 Å². The normalized spacial score (nSPS) is 23.1. The summed E-state index contributed by atoms with van der Waals surface area (Å²) in [5, 5.41) is 0.532. The SMILES string of the molecule is COC1CCCC(Oc2cccc(Cl)c2C(N)=S)C1. The standard InChI is InChI=1S/C14H18ClNO2S/c1-17-9-4-2-5-10(8-9)18-12-7-3-6-11(15)13(12)14(16)19/h3,6-7,9-10H,2,4-5,8H2,1H3,(H2,16,19). The first-order valence-corrected chi connectivity index (χ1v) is 7.18. The van der Waals surface area contributed by atoms with Crippen molar-refractivity contribution in [1.29, 1.82) is 0 Å². The Labute approximate surface area is 124 Å². The highest BCUT2D eigenvalue weighted by molar-refractivity contribution is 7.80. The molecule has 1 aromatic rings. The van der Waals surface area contributed by atoms with Gasteiger partial charge in [-0.05, 0) is 31.4 Å². The van der Waals surface area contributed by atoms with Gasteiger partial charge in [0.25, 0.3) is 0 Å². The van der Waals surface area contributed by atoms with E-state index in [2.05, 4.69) is 0 Å². The fourth-order valence-electron chi connectivity index (χ4n) is 2.44. The van der Waals surface area contributed by atoms with Gasteiger partial charge in [-0.1, -0.05) is 29.9 Å². The average Bonchev–Trinajstić information content (AvgIpc) is 2.38. The van der Waals surface area contributed by atoms with E-state index in [4.69, 9.17) is 39.0 Å². The zero-order valence-corrected chi connectivity index (χ0v) is 12.5. The minimum Gasteiger partial charge on any atom is -0.490 e. The van der Waals surface area contributed by atoms with Crippen molar-refractivity contribution < 1.29 is 9.47 Å². The van der Waals surface area contributed by atoms with E-state index in [1.54, 1.807) is 13.2 Å². The molecule has 0 amide bonds. The van der Waals surface area contributed by atoms with Crippen LogP contribution in [-0.4, -0.2) is 24.3 Å². The van der Waals surface area contributed by atoms with Gasteiger partial charge in [0.1, 0.15) is 16.8 Å². The molecule has 104 valence electrons. The summed E-state index contributed by atoms with van der Waals surface area (Å²) in [5.41, 5.74) is 6.34. The molecule has 0 heterocycles. The maximum absolute atomic E-state index is 6.13. The van der Waals surface area contributed by atoms with Gasteiger partial charge in [-0.25, -0.2) is 0 Å². The number of halogens is 1. The van der Waals surface area contributed by atoms with Gasteiger partial charge in [0, 0.05) is 13.5 Å². The van der Waals surface area contributed by atoms with Gasteiger partial charge < -0.3 is 15.2 Å². The third kappa shape index (κ3) is 3.59. The molecule has 1 aromatic carbocycles. The summed E-state index contributed by atoms with van der Waals surface area (Å²) in [7, 11) is 1.74. The molecule has 2 unspecified atom stereocenters. The first-order chi connectivity index (χ1) is 9.11. The summed E-state index contributed by atoms with van der Waals surface area (Å²) >= 11 is 11.2. The van der Waals surface area contributed by atoms with Gasteiger partial charge >= 0.3 is 0 Å². The van der Waals surface area contributed by atoms with E-state index in [0.717, 1.165) is 25.7 Å². The van der Waals surface area contributed by atoms with Gasteiger partial charge in [-0.2, -0.15) is 0 Å². The second-order valence-corrected chi connectivity index (χ2v) is 5.59. The number of methoxy groups -OCH3 is 1. The summed E-state index contributed by atoms with van der Waals surface area (Å²) in [4.78, 5) is 0.264. The highest BCUT2D eigenvalue weighted by Gasteiger charge is 2.24. The third-order valence-corrected chi connectivity index (χ3v) is 3.95. The van der Waals surface area contributed by atoms with E-state index in [1.807, 2.05) is 12.1 Å². The first-order valence-electron chi connectivity index (χ1n) is 6.39. The summed E-state index contributed by atoms with van der Waals surface area (Å²) in [6, 6.07) is 5.47. The molecule has 1 aliphatic rings. The molecule has 0 bridgehead atoms. The number of ether oxygens (including phenoxy) is 2. The minimum atomic E-state index is 0.130. The molecule has 0 aliphatic heterocycles. The number of hydrogen-bond donors (Lipinski definition) is 1. The molecule has 3 nitrogen and oxygen atoms in total. The van der Waals surface area contributed by atoms with Crippen molar-refractivity contribution >= 4 is 28.8 Å². The number of nitrogens with two attached hydrogens (primary N) is 1. The lowest BCUT2D eigenvalue weighted by molar-refractivity contribution is 0.0209. The van der Waals surface area contributed by atoms with Crippen LogP contribution in [0.2, 0.25) is 5.02 Å². The first kappa shape index (κ1) is 14.6. The minimum absolute atomic E-state index is 0.130. The van der Waals surface area contributed by atoms with Gasteiger partial charge in [-0.3, -0.25) is 0 Å². The Balaban J connectivity index is 2.14. The summed E-state index contributed by atoms with van der Waals surface area (Å²) in [6.07, 6.45) is 4.50. The van der Waals surface area contributed by atoms with Gasteiger partial charge in [-0.15, -0.1) is 0 Å². The molecule has 0 saturated heterocycles. The molecule has 2 N–H and O–H groups in total. The largest absolute Gasteiger partial charge is 0.490 e. The molecule has 1 saturated carbocycles. The molecule has 1 aliphatic carbocycles. The number of hydrogen-bond acceptors (Lipinski definition) is 3. The summed E-state index contributed by atoms with van der Waals surface area (Å²) in [6.45, 7) is 0. The van der Waals surface area contributed by atoms with Crippen LogP contribution < -0.4 is 10.5 Å². The van der Waals surface area contributed by atoms with Gasteiger partial charge in [0.2, 0.25) is 0 Å². The molecular weight excluding hydrogens is 282 g/mol. The van der Waals surface area contributed by atoms with Gasteiger partial charge in [0.05, 0.1) is 16.7 Å². The summed E-state index contributed by atoms with van der Waals surface area (Å²) in [5.74, 6) is 0.668. The van der Waals surface area contributed by atoms with Crippen LogP contribution in [-0.2, 0) is 4.74 Å². The van der Waals surface area contributed by atoms with Crippen molar-refractivity contribution in [3.8, 4) is 5.75 Å². The lowest BCUT2D eigenvalue weighted by Crippen LogP contribution is -2.30. The Bertz CT molecular complexity index is 467. The molecular formula is C14H18ClNO2S. The molecule has 0 aromatic heterocycles. The summed E-state index contributed by atoms with van der Waals surface area (Å²) < 4.78 is 11.4. The van der Waals surface area contributed by atoms with E-state index in [0.29, 0.717) is 16.3 Å². The smallest absolute Gasteiger partial charge is 0.131 e. The fourth-order valence-corrected chi connectivity index (χ4v) is 2.98. The van der Waals surface area contributed by atoms with E-state index < -0.39 is 0 Å². The van der Waals surface area contributed by atoms with Crippen LogP contribution in [0.25, 0.3) is 0 Å². The van der Waals surface area contributed by atoms with Crippen molar-refractivity contribution in [1.82, 2.24) is 0 Å². The Morgan fingerprint density at radius 2 is 2.11 bits per heavy atom. The highest BCUT2D eigenvalue weighted by Crippen LogP contribution is 2.30. The van der Waals surface area contributed by atoms with Crippen LogP contribution in [0, 0.1) is 0 Å². The molecule has 5 heteroatoms. The topological polar surface area (TPSA) is 44.5 Å². The number of thiocarbonyl (C=S) groups is 1. The van der Waals surface area contributed by atoms with Crippen LogP contribution in [0.5, 0.6) is 5.75 Å².